The van der Waals surface area contributed by atoms with Crippen molar-refractivity contribution in [2.45, 2.75) is 12.6 Å². The van der Waals surface area contributed by atoms with E-state index in [0.717, 1.165) is 35.9 Å². The number of hydrogen-bond donors (Lipinski definition) is 1. The van der Waals surface area contributed by atoms with Crippen LogP contribution in [0.25, 0.3) is 0 Å². The van der Waals surface area contributed by atoms with Gasteiger partial charge in [0.1, 0.15) is 18.5 Å². The van der Waals surface area contributed by atoms with Crippen molar-refractivity contribution in [2.24, 2.45) is 12.0 Å². The van der Waals surface area contributed by atoms with E-state index >= 15 is 0 Å². The Balaban J connectivity index is 1.63. The Kier molecular flexibility index (Phi) is 6.49. The van der Waals surface area contributed by atoms with Crippen molar-refractivity contribution >= 4 is 5.96 Å². The Labute approximate surface area is 160 Å². The maximum Gasteiger partial charge on any atom is 0.194 e. The third-order valence-corrected chi connectivity index (χ3v) is 4.44. The zero-order chi connectivity index (χ0) is 19.1. The molecule has 0 aliphatic carbocycles. The minimum Gasteiger partial charge on any atom is -0.489 e. The monoisotopic (exact) mass is 369 g/mol. The second kappa shape index (κ2) is 9.23. The number of para-hydroxylation sites is 1. The number of morpholine rings is 1. The van der Waals surface area contributed by atoms with Crippen molar-refractivity contribution in [1.82, 2.24) is 20.0 Å². The first-order valence-corrected chi connectivity index (χ1v) is 9.08. The van der Waals surface area contributed by atoms with Crippen molar-refractivity contribution in [1.29, 1.82) is 0 Å². The lowest BCUT2D eigenvalue weighted by Crippen LogP contribution is -2.47. The summed E-state index contributed by atoms with van der Waals surface area (Å²) in [6, 6.07) is 8.00. The van der Waals surface area contributed by atoms with Crippen LogP contribution in [0.5, 0.6) is 5.75 Å². The van der Waals surface area contributed by atoms with Crippen LogP contribution in [0.15, 0.2) is 54.3 Å². The Morgan fingerprint density at radius 1 is 1.48 bits per heavy atom. The average molecular weight is 369 g/mol. The molecule has 1 aliphatic heterocycles. The van der Waals surface area contributed by atoms with Crippen LogP contribution in [0.3, 0.4) is 0 Å². The van der Waals surface area contributed by atoms with Gasteiger partial charge in [0.25, 0.3) is 0 Å². The van der Waals surface area contributed by atoms with E-state index in [-0.39, 0.29) is 6.10 Å². The molecule has 1 saturated heterocycles. The van der Waals surface area contributed by atoms with E-state index in [0.29, 0.717) is 19.8 Å². The molecular weight excluding hydrogens is 342 g/mol. The summed E-state index contributed by atoms with van der Waals surface area (Å²) in [4.78, 5) is 6.67. The second-order valence-electron chi connectivity index (χ2n) is 6.36. The molecule has 2 heterocycles. The van der Waals surface area contributed by atoms with E-state index in [1.807, 2.05) is 37.6 Å². The summed E-state index contributed by atoms with van der Waals surface area (Å²) < 4.78 is 13.5. The zero-order valence-electron chi connectivity index (χ0n) is 16.0. The maximum absolute atomic E-state index is 5.92. The van der Waals surface area contributed by atoms with Crippen molar-refractivity contribution in [3.8, 4) is 5.75 Å². The molecule has 1 unspecified atom stereocenters. The molecule has 3 rings (SSSR count). The van der Waals surface area contributed by atoms with Gasteiger partial charge in [0.05, 0.1) is 19.3 Å². The molecule has 1 fully saturated rings. The summed E-state index contributed by atoms with van der Waals surface area (Å²) in [5.41, 5.74) is 2.17. The van der Waals surface area contributed by atoms with Gasteiger partial charge < -0.3 is 19.7 Å². The third kappa shape index (κ3) is 4.89. The lowest BCUT2D eigenvalue weighted by molar-refractivity contribution is -0.00805. The highest BCUT2D eigenvalue weighted by Gasteiger charge is 2.25. The Morgan fingerprint density at radius 2 is 2.33 bits per heavy atom. The molecule has 2 aromatic rings. The summed E-state index contributed by atoms with van der Waals surface area (Å²) in [5.74, 6) is 1.71. The molecule has 1 aromatic carbocycles. The van der Waals surface area contributed by atoms with Crippen LogP contribution in [-0.4, -0.2) is 54.0 Å². The van der Waals surface area contributed by atoms with Gasteiger partial charge in [-0.05, 0) is 6.07 Å². The molecule has 0 radical (unpaired) electrons. The molecule has 1 aliphatic rings. The predicted molar refractivity (Wildman–Crippen MR) is 106 cm³/mol. The van der Waals surface area contributed by atoms with E-state index in [1.165, 1.54) is 0 Å². The van der Waals surface area contributed by atoms with Gasteiger partial charge in [-0.25, -0.2) is 0 Å². The van der Waals surface area contributed by atoms with Crippen LogP contribution in [0.2, 0.25) is 0 Å². The first kappa shape index (κ1) is 19.0. The number of ether oxygens (including phenoxy) is 2. The first-order valence-electron chi connectivity index (χ1n) is 9.08. The van der Waals surface area contributed by atoms with Gasteiger partial charge in [-0.1, -0.05) is 30.9 Å². The number of nitrogens with one attached hydrogen (secondary N) is 1. The predicted octanol–water partition coefficient (Wildman–Crippen LogP) is 2.13. The second-order valence-corrected chi connectivity index (χ2v) is 6.36. The van der Waals surface area contributed by atoms with Crippen LogP contribution in [0.1, 0.15) is 17.2 Å². The fraction of sp³-hybridized carbons (Fsp3) is 0.400. The standard InChI is InChI=1S/C20H27N5O2/c1-4-10-26-18-8-6-5-7-16(18)12-22-20(21-2)25-9-11-27-19(15-25)17-13-23-24(3)14-17/h4-8,13-14,19H,1,9-12,15H2,2-3H3,(H,21,22). The molecule has 7 heteroatoms. The van der Waals surface area contributed by atoms with E-state index in [2.05, 4.69) is 33.0 Å². The molecular formula is C20H27N5O2. The third-order valence-electron chi connectivity index (χ3n) is 4.44. The molecule has 144 valence electrons. The van der Waals surface area contributed by atoms with Crippen molar-refractivity contribution in [2.75, 3.05) is 33.4 Å². The minimum atomic E-state index is -0.00536. The van der Waals surface area contributed by atoms with Crippen LogP contribution in [0, 0.1) is 0 Å². The van der Waals surface area contributed by atoms with Crippen molar-refractivity contribution in [3.63, 3.8) is 0 Å². The normalized spacial score (nSPS) is 17.6. The summed E-state index contributed by atoms with van der Waals surface area (Å²) in [5, 5.41) is 7.69. The van der Waals surface area contributed by atoms with Gasteiger partial charge in [0.2, 0.25) is 0 Å². The number of aromatic nitrogens is 2. The molecule has 0 bridgehead atoms. The molecule has 27 heavy (non-hydrogen) atoms. The van der Waals surface area contributed by atoms with Gasteiger partial charge in [-0.3, -0.25) is 9.67 Å². The smallest absolute Gasteiger partial charge is 0.194 e. The number of hydrogen-bond acceptors (Lipinski definition) is 4. The molecule has 1 aromatic heterocycles. The largest absolute Gasteiger partial charge is 0.489 e. The summed E-state index contributed by atoms with van der Waals surface area (Å²) in [7, 11) is 3.72. The number of rotatable bonds is 6. The lowest BCUT2D eigenvalue weighted by atomic mass is 10.1. The molecule has 0 amide bonds. The number of nitrogens with zero attached hydrogens (tertiary/aromatic N) is 4. The fourth-order valence-electron chi connectivity index (χ4n) is 3.10. The number of aliphatic imine (C=N–C) groups is 1. The maximum atomic E-state index is 5.92. The highest BCUT2D eigenvalue weighted by molar-refractivity contribution is 5.80. The van der Waals surface area contributed by atoms with Crippen LogP contribution >= 0.6 is 0 Å². The minimum absolute atomic E-state index is 0.00536. The fourth-order valence-corrected chi connectivity index (χ4v) is 3.10. The van der Waals surface area contributed by atoms with E-state index in [1.54, 1.807) is 17.8 Å². The van der Waals surface area contributed by atoms with E-state index in [9.17, 15) is 0 Å². The molecule has 0 spiro atoms. The van der Waals surface area contributed by atoms with Gasteiger partial charge in [0, 0.05) is 44.5 Å². The van der Waals surface area contributed by atoms with Gasteiger partial charge in [-0.2, -0.15) is 5.10 Å². The Hall–Kier alpha value is -2.80. The van der Waals surface area contributed by atoms with Crippen LogP contribution in [-0.2, 0) is 18.3 Å². The number of benzene rings is 1. The van der Waals surface area contributed by atoms with Crippen LogP contribution < -0.4 is 10.1 Å². The topological polar surface area (TPSA) is 63.9 Å². The summed E-state index contributed by atoms with van der Waals surface area (Å²) in [6.45, 7) is 7.01. The van der Waals surface area contributed by atoms with Gasteiger partial charge in [-0.15, -0.1) is 0 Å². The Bertz CT molecular complexity index is 786. The molecule has 1 atom stereocenters. The summed E-state index contributed by atoms with van der Waals surface area (Å²) >= 11 is 0. The highest BCUT2D eigenvalue weighted by Crippen LogP contribution is 2.22. The quantitative estimate of drug-likeness (QED) is 0.480. The lowest BCUT2D eigenvalue weighted by Gasteiger charge is -2.34. The highest BCUT2D eigenvalue weighted by atomic mass is 16.5. The van der Waals surface area contributed by atoms with Crippen molar-refractivity contribution in [3.05, 3.63) is 60.4 Å². The average Bonchev–Trinajstić information content (AvgIpc) is 3.14. The van der Waals surface area contributed by atoms with Crippen LogP contribution in [0.4, 0.5) is 0 Å². The zero-order valence-corrected chi connectivity index (χ0v) is 16.0. The molecule has 7 nitrogen and oxygen atoms in total. The Morgan fingerprint density at radius 3 is 3.07 bits per heavy atom. The van der Waals surface area contributed by atoms with E-state index in [4.69, 9.17) is 9.47 Å². The molecule has 1 N–H and O–H groups in total. The SMILES string of the molecule is C=CCOc1ccccc1CNC(=NC)N1CCOC(c2cnn(C)c2)C1. The van der Waals surface area contributed by atoms with E-state index < -0.39 is 0 Å². The van der Waals surface area contributed by atoms with Crippen molar-refractivity contribution < 1.29 is 9.47 Å². The first-order chi connectivity index (χ1) is 13.2. The van der Waals surface area contributed by atoms with Gasteiger partial charge >= 0.3 is 0 Å². The number of guanidine groups is 1. The number of aryl methyl sites for hydroxylation is 1. The van der Waals surface area contributed by atoms with Gasteiger partial charge in [0.15, 0.2) is 5.96 Å². The summed E-state index contributed by atoms with van der Waals surface area (Å²) in [6.07, 6.45) is 5.60. The molecule has 0 saturated carbocycles.